The van der Waals surface area contributed by atoms with E-state index < -0.39 is 17.8 Å². The summed E-state index contributed by atoms with van der Waals surface area (Å²) in [5, 5.41) is 2.54. The van der Waals surface area contributed by atoms with E-state index in [4.69, 9.17) is 4.74 Å². The topological polar surface area (TPSA) is 38.3 Å². The van der Waals surface area contributed by atoms with Gasteiger partial charge in [0.15, 0.2) is 6.10 Å². The van der Waals surface area contributed by atoms with Crippen LogP contribution in [0.15, 0.2) is 48.5 Å². The van der Waals surface area contributed by atoms with Gasteiger partial charge in [0.1, 0.15) is 17.4 Å². The van der Waals surface area contributed by atoms with Gasteiger partial charge in [-0.05, 0) is 49.4 Å². The number of amides is 1. The Morgan fingerprint density at radius 1 is 1.10 bits per heavy atom. The van der Waals surface area contributed by atoms with E-state index in [0.29, 0.717) is 11.4 Å². The van der Waals surface area contributed by atoms with Gasteiger partial charge in [-0.1, -0.05) is 6.07 Å². The number of ether oxygens (including phenoxy) is 1. The summed E-state index contributed by atoms with van der Waals surface area (Å²) in [5.41, 5.74) is 0.351. The zero-order valence-electron chi connectivity index (χ0n) is 10.8. The molecule has 104 valence electrons. The fourth-order valence-corrected chi connectivity index (χ4v) is 1.58. The first-order valence-electron chi connectivity index (χ1n) is 6.03. The van der Waals surface area contributed by atoms with Gasteiger partial charge < -0.3 is 10.1 Å². The lowest BCUT2D eigenvalue weighted by atomic mass is 10.3. The molecule has 0 radical (unpaired) electrons. The second-order valence-electron chi connectivity index (χ2n) is 4.21. The number of carbonyl (C=O) groups excluding carboxylic acids is 1. The standard InChI is InChI=1S/C15H13F2NO2/c1-10(20-14-7-5-11(16)6-8-14)15(19)18-13-4-2-3-12(17)9-13/h2-10H,1H3,(H,18,19). The zero-order valence-corrected chi connectivity index (χ0v) is 10.8. The van der Waals surface area contributed by atoms with Crippen LogP contribution in [0, 0.1) is 11.6 Å². The number of hydrogen-bond acceptors (Lipinski definition) is 2. The van der Waals surface area contributed by atoms with Crippen molar-refractivity contribution in [2.24, 2.45) is 0 Å². The molecule has 0 heterocycles. The summed E-state index contributed by atoms with van der Waals surface area (Å²) in [6, 6.07) is 10.9. The summed E-state index contributed by atoms with van der Waals surface area (Å²) in [4.78, 5) is 11.9. The molecule has 3 nitrogen and oxygen atoms in total. The molecule has 1 atom stereocenters. The Labute approximate surface area is 115 Å². The van der Waals surface area contributed by atoms with Gasteiger partial charge in [-0.2, -0.15) is 0 Å². The summed E-state index contributed by atoms with van der Waals surface area (Å²) in [6.45, 7) is 1.55. The van der Waals surface area contributed by atoms with Crippen LogP contribution in [0.2, 0.25) is 0 Å². The van der Waals surface area contributed by atoms with Crippen LogP contribution >= 0.6 is 0 Å². The van der Waals surface area contributed by atoms with Crippen LogP contribution in [0.5, 0.6) is 5.75 Å². The minimum absolute atomic E-state index is 0.351. The molecular weight excluding hydrogens is 264 g/mol. The van der Waals surface area contributed by atoms with Crippen LogP contribution in [0.3, 0.4) is 0 Å². The van der Waals surface area contributed by atoms with Crippen LogP contribution in [0.1, 0.15) is 6.92 Å². The quantitative estimate of drug-likeness (QED) is 0.930. The lowest BCUT2D eigenvalue weighted by molar-refractivity contribution is -0.122. The van der Waals surface area contributed by atoms with Crippen LogP contribution in [0.25, 0.3) is 0 Å². The Hall–Kier alpha value is -2.43. The molecule has 1 unspecified atom stereocenters. The van der Waals surface area contributed by atoms with Crippen LogP contribution in [0.4, 0.5) is 14.5 Å². The third-order valence-electron chi connectivity index (χ3n) is 2.59. The van der Waals surface area contributed by atoms with Crippen molar-refractivity contribution in [2.75, 3.05) is 5.32 Å². The van der Waals surface area contributed by atoms with Gasteiger partial charge in [0.25, 0.3) is 5.91 Å². The smallest absolute Gasteiger partial charge is 0.265 e. The summed E-state index contributed by atoms with van der Waals surface area (Å²) < 4.78 is 31.1. The van der Waals surface area contributed by atoms with E-state index in [9.17, 15) is 13.6 Å². The van der Waals surface area contributed by atoms with E-state index in [1.807, 2.05) is 0 Å². The van der Waals surface area contributed by atoms with Crippen molar-refractivity contribution in [3.63, 3.8) is 0 Å². The van der Waals surface area contributed by atoms with E-state index >= 15 is 0 Å². The van der Waals surface area contributed by atoms with Crippen LogP contribution < -0.4 is 10.1 Å². The Morgan fingerprint density at radius 3 is 2.45 bits per heavy atom. The van der Waals surface area contributed by atoms with Crippen LogP contribution in [-0.4, -0.2) is 12.0 Å². The Morgan fingerprint density at radius 2 is 1.80 bits per heavy atom. The molecule has 0 spiro atoms. The highest BCUT2D eigenvalue weighted by Gasteiger charge is 2.15. The molecular formula is C15H13F2NO2. The van der Waals surface area contributed by atoms with Crippen molar-refractivity contribution < 1.29 is 18.3 Å². The van der Waals surface area contributed by atoms with Crippen LogP contribution in [-0.2, 0) is 4.79 Å². The summed E-state index contributed by atoms with van der Waals surface area (Å²) >= 11 is 0. The minimum Gasteiger partial charge on any atom is -0.481 e. The van der Waals surface area contributed by atoms with E-state index in [0.717, 1.165) is 0 Å². The van der Waals surface area contributed by atoms with Gasteiger partial charge in [0, 0.05) is 5.69 Å². The maximum Gasteiger partial charge on any atom is 0.265 e. The second kappa shape index (κ2) is 6.14. The molecule has 0 aromatic heterocycles. The molecule has 0 aliphatic carbocycles. The van der Waals surface area contributed by atoms with Gasteiger partial charge in [-0.3, -0.25) is 4.79 Å². The highest BCUT2D eigenvalue weighted by atomic mass is 19.1. The van der Waals surface area contributed by atoms with Crippen molar-refractivity contribution in [3.8, 4) is 5.75 Å². The molecule has 2 aromatic rings. The maximum atomic E-state index is 13.0. The molecule has 0 saturated heterocycles. The highest BCUT2D eigenvalue weighted by Crippen LogP contribution is 2.14. The molecule has 0 fully saturated rings. The number of nitrogens with one attached hydrogen (secondary N) is 1. The SMILES string of the molecule is CC(Oc1ccc(F)cc1)C(=O)Nc1cccc(F)c1. The number of carbonyl (C=O) groups is 1. The van der Waals surface area contributed by atoms with E-state index in [1.165, 1.54) is 42.5 Å². The fraction of sp³-hybridized carbons (Fsp3) is 0.133. The Balaban J connectivity index is 1.96. The number of rotatable bonds is 4. The average molecular weight is 277 g/mol. The predicted molar refractivity (Wildman–Crippen MR) is 71.5 cm³/mol. The lowest BCUT2D eigenvalue weighted by Gasteiger charge is -2.14. The number of halogens is 2. The van der Waals surface area contributed by atoms with E-state index in [2.05, 4.69) is 5.32 Å². The Bertz CT molecular complexity index is 599. The van der Waals surface area contributed by atoms with E-state index in [-0.39, 0.29) is 5.82 Å². The van der Waals surface area contributed by atoms with Crippen molar-refractivity contribution in [1.82, 2.24) is 0 Å². The molecule has 0 saturated carbocycles. The minimum atomic E-state index is -0.788. The molecule has 2 aromatic carbocycles. The molecule has 20 heavy (non-hydrogen) atoms. The molecule has 5 heteroatoms. The maximum absolute atomic E-state index is 13.0. The molecule has 2 rings (SSSR count). The molecule has 1 amide bonds. The highest BCUT2D eigenvalue weighted by molar-refractivity contribution is 5.94. The summed E-state index contributed by atoms with van der Waals surface area (Å²) in [6.07, 6.45) is -0.788. The first-order chi connectivity index (χ1) is 9.54. The van der Waals surface area contributed by atoms with Crippen molar-refractivity contribution in [1.29, 1.82) is 0 Å². The van der Waals surface area contributed by atoms with Crippen molar-refractivity contribution in [3.05, 3.63) is 60.2 Å². The third-order valence-corrected chi connectivity index (χ3v) is 2.59. The normalized spacial score (nSPS) is 11.8. The zero-order chi connectivity index (χ0) is 14.5. The number of benzene rings is 2. The largest absolute Gasteiger partial charge is 0.481 e. The Kier molecular flexibility index (Phi) is 4.30. The summed E-state index contributed by atoms with van der Waals surface area (Å²) in [7, 11) is 0. The average Bonchev–Trinajstić information content (AvgIpc) is 2.41. The van der Waals surface area contributed by atoms with Gasteiger partial charge in [0.05, 0.1) is 0 Å². The first-order valence-corrected chi connectivity index (χ1v) is 6.03. The predicted octanol–water partition coefficient (Wildman–Crippen LogP) is 3.37. The van der Waals surface area contributed by atoms with Crippen molar-refractivity contribution >= 4 is 11.6 Å². The van der Waals surface area contributed by atoms with Gasteiger partial charge in [0.2, 0.25) is 0 Å². The molecule has 0 aliphatic heterocycles. The second-order valence-corrected chi connectivity index (χ2v) is 4.21. The molecule has 0 aliphatic rings. The van der Waals surface area contributed by atoms with E-state index in [1.54, 1.807) is 13.0 Å². The lowest BCUT2D eigenvalue weighted by Crippen LogP contribution is -2.30. The number of hydrogen-bond donors (Lipinski definition) is 1. The monoisotopic (exact) mass is 277 g/mol. The first kappa shape index (κ1) is 14.0. The number of anilines is 1. The van der Waals surface area contributed by atoms with Gasteiger partial charge in [-0.15, -0.1) is 0 Å². The molecule has 0 bridgehead atoms. The van der Waals surface area contributed by atoms with Gasteiger partial charge >= 0.3 is 0 Å². The molecule has 1 N–H and O–H groups in total. The summed E-state index contributed by atoms with van der Waals surface area (Å²) in [5.74, 6) is -0.850. The van der Waals surface area contributed by atoms with Gasteiger partial charge in [-0.25, -0.2) is 8.78 Å². The fourth-order valence-electron chi connectivity index (χ4n) is 1.58. The van der Waals surface area contributed by atoms with Crippen molar-refractivity contribution in [2.45, 2.75) is 13.0 Å². The third kappa shape index (κ3) is 3.78.